The van der Waals surface area contributed by atoms with Gasteiger partial charge in [0.1, 0.15) is 6.04 Å². The van der Waals surface area contributed by atoms with Gasteiger partial charge < -0.3 is 15.5 Å². The first-order valence-corrected chi connectivity index (χ1v) is 9.45. The Bertz CT molecular complexity index is 827. The predicted octanol–water partition coefficient (Wildman–Crippen LogP) is 3.20. The smallest absolute Gasteiger partial charge is 0.243 e. The molecule has 0 bridgehead atoms. The zero-order valence-electron chi connectivity index (χ0n) is 16.2. The van der Waals surface area contributed by atoms with Crippen LogP contribution in [-0.2, 0) is 16.0 Å². The van der Waals surface area contributed by atoms with Crippen molar-refractivity contribution < 1.29 is 9.59 Å². The lowest BCUT2D eigenvalue weighted by Gasteiger charge is -2.35. The van der Waals surface area contributed by atoms with Crippen LogP contribution in [0.15, 0.2) is 42.5 Å². The van der Waals surface area contributed by atoms with E-state index in [-0.39, 0.29) is 24.4 Å². The first-order chi connectivity index (χ1) is 13.0. The average molecular weight is 365 g/mol. The van der Waals surface area contributed by atoms with Crippen molar-refractivity contribution in [3.63, 3.8) is 0 Å². The molecule has 3 rings (SSSR count). The molecule has 1 aliphatic heterocycles. The number of rotatable bonds is 5. The maximum atomic E-state index is 12.6. The number of nitrogens with zero attached hydrogens (tertiary/aromatic N) is 1. The van der Waals surface area contributed by atoms with Gasteiger partial charge in [0, 0.05) is 17.9 Å². The van der Waals surface area contributed by atoms with Crippen LogP contribution in [0.2, 0.25) is 0 Å². The molecule has 0 fully saturated rings. The van der Waals surface area contributed by atoms with E-state index < -0.39 is 0 Å². The van der Waals surface area contributed by atoms with E-state index >= 15 is 0 Å². The summed E-state index contributed by atoms with van der Waals surface area (Å²) in [6.07, 6.45) is 2.07. The van der Waals surface area contributed by atoms with Crippen LogP contribution in [0.25, 0.3) is 0 Å². The van der Waals surface area contributed by atoms with E-state index in [9.17, 15) is 9.59 Å². The number of anilines is 2. The molecule has 0 aromatic heterocycles. The summed E-state index contributed by atoms with van der Waals surface area (Å²) in [5.74, 6) is -0.352. The van der Waals surface area contributed by atoms with Crippen molar-refractivity contribution in [2.75, 3.05) is 23.3 Å². The van der Waals surface area contributed by atoms with Crippen LogP contribution in [0.5, 0.6) is 0 Å². The summed E-state index contributed by atoms with van der Waals surface area (Å²) in [4.78, 5) is 27.0. The van der Waals surface area contributed by atoms with Crippen LogP contribution in [-0.4, -0.2) is 30.9 Å². The number of benzene rings is 2. The van der Waals surface area contributed by atoms with Gasteiger partial charge in [0.2, 0.25) is 11.8 Å². The molecule has 0 aliphatic carbocycles. The highest BCUT2D eigenvalue weighted by molar-refractivity contribution is 5.96. The first-order valence-electron chi connectivity index (χ1n) is 9.45. The molecule has 142 valence electrons. The van der Waals surface area contributed by atoms with Crippen LogP contribution >= 0.6 is 0 Å². The quantitative estimate of drug-likeness (QED) is 0.855. The zero-order valence-corrected chi connectivity index (χ0v) is 16.2. The van der Waals surface area contributed by atoms with Crippen molar-refractivity contribution in [3.8, 4) is 0 Å². The summed E-state index contributed by atoms with van der Waals surface area (Å²) >= 11 is 0. The lowest BCUT2D eigenvalue weighted by Crippen LogP contribution is -2.48. The van der Waals surface area contributed by atoms with E-state index in [1.54, 1.807) is 0 Å². The average Bonchev–Trinajstić information content (AvgIpc) is 2.68. The fraction of sp³-hybridized carbons (Fsp3) is 0.364. The van der Waals surface area contributed by atoms with Crippen molar-refractivity contribution >= 4 is 23.2 Å². The normalized spacial score (nSPS) is 14.3. The van der Waals surface area contributed by atoms with Gasteiger partial charge in [0.25, 0.3) is 0 Å². The fourth-order valence-corrected chi connectivity index (χ4v) is 3.62. The lowest BCUT2D eigenvalue weighted by atomic mass is 10.00. The molecule has 2 aromatic carbocycles. The molecule has 1 atom stereocenters. The van der Waals surface area contributed by atoms with Crippen molar-refractivity contribution in [2.24, 2.45) is 0 Å². The summed E-state index contributed by atoms with van der Waals surface area (Å²) < 4.78 is 0. The molecule has 0 saturated carbocycles. The summed E-state index contributed by atoms with van der Waals surface area (Å²) in [6, 6.07) is 13.8. The van der Waals surface area contributed by atoms with E-state index in [4.69, 9.17) is 0 Å². The van der Waals surface area contributed by atoms with Crippen LogP contribution in [0.3, 0.4) is 0 Å². The van der Waals surface area contributed by atoms with E-state index in [1.165, 1.54) is 5.56 Å². The van der Waals surface area contributed by atoms with Gasteiger partial charge in [-0.1, -0.05) is 36.4 Å². The number of carbonyl (C=O) groups excluding carboxylic acids is 2. The maximum absolute atomic E-state index is 12.6. The van der Waals surface area contributed by atoms with Gasteiger partial charge in [-0.15, -0.1) is 0 Å². The number of aryl methyl sites for hydroxylation is 3. The molecule has 2 N–H and O–H groups in total. The number of amides is 2. The Balaban J connectivity index is 1.59. The molecule has 0 saturated heterocycles. The molecule has 5 heteroatoms. The molecule has 1 heterocycles. The Kier molecular flexibility index (Phi) is 5.79. The predicted molar refractivity (Wildman–Crippen MR) is 109 cm³/mol. The third-order valence-electron chi connectivity index (χ3n) is 5.16. The Hall–Kier alpha value is -2.82. The van der Waals surface area contributed by atoms with Gasteiger partial charge in [-0.3, -0.25) is 9.59 Å². The minimum absolute atomic E-state index is 0.0353. The summed E-state index contributed by atoms with van der Waals surface area (Å²) in [6.45, 7) is 6.61. The second kappa shape index (κ2) is 8.25. The van der Waals surface area contributed by atoms with Crippen LogP contribution in [0.4, 0.5) is 11.4 Å². The van der Waals surface area contributed by atoms with Crippen molar-refractivity contribution in [2.45, 2.75) is 39.7 Å². The highest BCUT2D eigenvalue weighted by atomic mass is 16.2. The molecule has 2 amide bonds. The third kappa shape index (κ3) is 4.30. The van der Waals surface area contributed by atoms with Gasteiger partial charge in [-0.05, 0) is 56.4 Å². The Morgan fingerprint density at radius 3 is 2.52 bits per heavy atom. The van der Waals surface area contributed by atoms with Gasteiger partial charge in [0.15, 0.2) is 0 Å². The topological polar surface area (TPSA) is 61.4 Å². The Morgan fingerprint density at radius 1 is 1.07 bits per heavy atom. The van der Waals surface area contributed by atoms with E-state index in [1.807, 2.05) is 51.1 Å². The number of hydrogen-bond donors (Lipinski definition) is 2. The highest BCUT2D eigenvalue weighted by Gasteiger charge is 2.26. The fourth-order valence-electron chi connectivity index (χ4n) is 3.62. The summed E-state index contributed by atoms with van der Waals surface area (Å²) in [7, 11) is 0. The molecule has 0 unspecified atom stereocenters. The number of para-hydroxylation sites is 2. The van der Waals surface area contributed by atoms with E-state index in [0.29, 0.717) is 0 Å². The highest BCUT2D eigenvalue weighted by Crippen LogP contribution is 2.28. The third-order valence-corrected chi connectivity index (χ3v) is 5.16. The summed E-state index contributed by atoms with van der Waals surface area (Å²) in [5.41, 5.74) is 5.22. The van der Waals surface area contributed by atoms with E-state index in [0.717, 1.165) is 41.9 Å². The lowest BCUT2D eigenvalue weighted by molar-refractivity contribution is -0.124. The Morgan fingerprint density at radius 2 is 1.78 bits per heavy atom. The van der Waals surface area contributed by atoms with Crippen LogP contribution in [0, 0.1) is 13.8 Å². The van der Waals surface area contributed by atoms with Gasteiger partial charge in [-0.2, -0.15) is 0 Å². The minimum atomic E-state index is -0.320. The van der Waals surface area contributed by atoms with Crippen LogP contribution in [0.1, 0.15) is 30.0 Å². The van der Waals surface area contributed by atoms with Gasteiger partial charge in [0.05, 0.1) is 6.54 Å². The monoisotopic (exact) mass is 365 g/mol. The Labute approximate surface area is 160 Å². The molecule has 27 heavy (non-hydrogen) atoms. The molecule has 0 spiro atoms. The van der Waals surface area contributed by atoms with Crippen LogP contribution < -0.4 is 15.5 Å². The molecule has 1 aliphatic rings. The summed E-state index contributed by atoms with van der Waals surface area (Å²) in [5, 5.41) is 5.68. The number of fused-ring (bicyclic) bond motifs is 1. The number of carbonyl (C=O) groups is 2. The SMILES string of the molecule is Cc1cccc(C)c1NC(=O)CNC(=O)[C@@H](C)N1CCCc2ccccc21. The molecule has 5 nitrogen and oxygen atoms in total. The maximum Gasteiger partial charge on any atom is 0.243 e. The first kappa shape index (κ1) is 19.0. The van der Waals surface area contributed by atoms with Crippen molar-refractivity contribution in [3.05, 3.63) is 59.2 Å². The second-order valence-corrected chi connectivity index (χ2v) is 7.13. The van der Waals surface area contributed by atoms with Crippen molar-refractivity contribution in [1.82, 2.24) is 5.32 Å². The van der Waals surface area contributed by atoms with Gasteiger partial charge in [-0.25, -0.2) is 0 Å². The van der Waals surface area contributed by atoms with Crippen molar-refractivity contribution in [1.29, 1.82) is 0 Å². The minimum Gasteiger partial charge on any atom is -0.360 e. The molecule has 0 radical (unpaired) electrons. The zero-order chi connectivity index (χ0) is 19.4. The van der Waals surface area contributed by atoms with E-state index in [2.05, 4.69) is 27.7 Å². The number of nitrogens with one attached hydrogen (secondary N) is 2. The molecule has 2 aromatic rings. The van der Waals surface area contributed by atoms with Gasteiger partial charge >= 0.3 is 0 Å². The molecular weight excluding hydrogens is 338 g/mol. The second-order valence-electron chi connectivity index (χ2n) is 7.13. The largest absolute Gasteiger partial charge is 0.360 e. The number of hydrogen-bond acceptors (Lipinski definition) is 3. The molecular formula is C22H27N3O2. The standard InChI is InChI=1S/C22H27N3O2/c1-15-8-6-9-16(2)21(15)24-20(26)14-23-22(27)17(3)25-13-7-11-18-10-4-5-12-19(18)25/h4-6,8-10,12,17H,7,11,13-14H2,1-3H3,(H,23,27)(H,24,26)/t17-/m1/s1.